The normalized spacial score (nSPS) is 32.1. The van der Waals surface area contributed by atoms with Gasteiger partial charge in [-0.15, -0.1) is 11.8 Å². The van der Waals surface area contributed by atoms with Crippen LogP contribution in [-0.2, 0) is 19.1 Å². The van der Waals surface area contributed by atoms with Crippen molar-refractivity contribution < 1.29 is 23.9 Å². The molecule has 0 radical (unpaired) electrons. The minimum atomic E-state index is -0.878. The molecule has 2 unspecified atom stereocenters. The van der Waals surface area contributed by atoms with Gasteiger partial charge in [0, 0.05) is 13.0 Å². The predicted octanol–water partition coefficient (Wildman–Crippen LogP) is 1.99. The van der Waals surface area contributed by atoms with Crippen molar-refractivity contribution in [1.82, 2.24) is 9.80 Å². The molecule has 0 bridgehead atoms. The largest absolute Gasteiger partial charge is 0.467 e. The van der Waals surface area contributed by atoms with Crippen molar-refractivity contribution in [3.8, 4) is 0 Å². The zero-order valence-corrected chi connectivity index (χ0v) is 16.1. The molecule has 0 aromatic rings. The highest BCUT2D eigenvalue weighted by Gasteiger charge is 2.62. The van der Waals surface area contributed by atoms with Crippen LogP contribution < -0.4 is 0 Å². The predicted molar refractivity (Wildman–Crippen MR) is 93.0 cm³/mol. The van der Waals surface area contributed by atoms with E-state index in [0.29, 0.717) is 25.8 Å². The lowest BCUT2D eigenvalue weighted by atomic mass is 9.94. The van der Waals surface area contributed by atoms with Gasteiger partial charge in [-0.2, -0.15) is 0 Å². The fourth-order valence-electron chi connectivity index (χ4n) is 4.05. The van der Waals surface area contributed by atoms with Crippen molar-refractivity contribution in [2.24, 2.45) is 0 Å². The lowest BCUT2D eigenvalue weighted by molar-refractivity contribution is -0.154. The summed E-state index contributed by atoms with van der Waals surface area (Å²) in [5.41, 5.74) is -1.49. The number of fused-ring (bicyclic) bond motifs is 1. The third-order valence-corrected chi connectivity index (χ3v) is 6.32. The first-order chi connectivity index (χ1) is 11.7. The molecule has 3 rings (SSSR count). The van der Waals surface area contributed by atoms with Crippen molar-refractivity contribution in [3.05, 3.63) is 0 Å². The van der Waals surface area contributed by atoms with Gasteiger partial charge in [-0.25, -0.2) is 9.59 Å². The molecular weight excluding hydrogens is 344 g/mol. The summed E-state index contributed by atoms with van der Waals surface area (Å²) in [7, 11) is 1.35. The number of likely N-dealkylation sites (tertiary alicyclic amines) is 1. The molecule has 3 aliphatic heterocycles. The van der Waals surface area contributed by atoms with Crippen LogP contribution in [0.5, 0.6) is 0 Å². The van der Waals surface area contributed by atoms with Gasteiger partial charge < -0.3 is 14.4 Å². The second-order valence-electron chi connectivity index (χ2n) is 7.84. The van der Waals surface area contributed by atoms with E-state index in [-0.39, 0.29) is 17.3 Å². The summed E-state index contributed by atoms with van der Waals surface area (Å²) < 4.78 is 10.4. The van der Waals surface area contributed by atoms with Crippen LogP contribution in [0.15, 0.2) is 0 Å². The fraction of sp³-hybridized carbons (Fsp3) is 0.824. The molecule has 0 aromatic heterocycles. The molecule has 3 atom stereocenters. The van der Waals surface area contributed by atoms with E-state index < -0.39 is 23.3 Å². The molecule has 0 saturated carbocycles. The molecule has 2 amide bonds. The third-order valence-electron chi connectivity index (χ3n) is 5.07. The summed E-state index contributed by atoms with van der Waals surface area (Å²) in [4.78, 5) is 41.4. The Kier molecular flexibility index (Phi) is 4.68. The van der Waals surface area contributed by atoms with Crippen LogP contribution in [-0.4, -0.2) is 69.7 Å². The Hall–Kier alpha value is -1.44. The first-order valence-corrected chi connectivity index (χ1v) is 9.77. The quantitative estimate of drug-likeness (QED) is 0.657. The van der Waals surface area contributed by atoms with Crippen molar-refractivity contribution in [3.63, 3.8) is 0 Å². The lowest BCUT2D eigenvalue weighted by Crippen LogP contribution is -2.56. The first kappa shape index (κ1) is 18.4. The van der Waals surface area contributed by atoms with Crippen LogP contribution in [0.3, 0.4) is 0 Å². The molecular formula is C17H26N2O5S. The molecule has 25 heavy (non-hydrogen) atoms. The first-order valence-electron chi connectivity index (χ1n) is 8.72. The van der Waals surface area contributed by atoms with E-state index in [1.165, 1.54) is 7.11 Å². The van der Waals surface area contributed by atoms with Gasteiger partial charge in [0.25, 0.3) is 0 Å². The molecule has 1 spiro atoms. The third kappa shape index (κ3) is 3.09. The van der Waals surface area contributed by atoms with Gasteiger partial charge >= 0.3 is 12.1 Å². The summed E-state index contributed by atoms with van der Waals surface area (Å²) in [6, 6.07) is -0.552. The standard InChI is InChI=1S/C17H26N2O5S/c1-16(2,3)24-15(22)18-8-5-7-17(18)10-12-19(14(17)21)11(6-9-25-12)13(20)23-4/h11-12H,5-10H2,1-4H3/t11?,12?,17-/m1/s1. The lowest BCUT2D eigenvalue weighted by Gasteiger charge is -2.36. The number of amides is 2. The van der Waals surface area contributed by atoms with E-state index in [0.717, 1.165) is 12.2 Å². The second kappa shape index (κ2) is 6.37. The van der Waals surface area contributed by atoms with Crippen molar-refractivity contribution in [2.75, 3.05) is 19.4 Å². The van der Waals surface area contributed by atoms with E-state index in [2.05, 4.69) is 0 Å². The number of esters is 1. The number of carbonyl (C=O) groups is 3. The summed E-state index contributed by atoms with van der Waals surface area (Å²) in [6.45, 7) is 5.96. The van der Waals surface area contributed by atoms with Gasteiger partial charge in [0.2, 0.25) is 5.91 Å². The van der Waals surface area contributed by atoms with Crippen molar-refractivity contribution in [1.29, 1.82) is 0 Å². The molecule has 3 fully saturated rings. The Morgan fingerprint density at radius 3 is 2.68 bits per heavy atom. The maximum Gasteiger partial charge on any atom is 0.411 e. The van der Waals surface area contributed by atoms with Gasteiger partial charge in [0.15, 0.2) is 0 Å². The number of hydrogen-bond donors (Lipinski definition) is 0. The van der Waals surface area contributed by atoms with E-state index in [9.17, 15) is 14.4 Å². The van der Waals surface area contributed by atoms with Gasteiger partial charge in [-0.05, 0) is 45.8 Å². The Bertz CT molecular complexity index is 590. The van der Waals surface area contributed by atoms with Gasteiger partial charge in [-0.1, -0.05) is 0 Å². The number of methoxy groups -OCH3 is 1. The number of rotatable bonds is 1. The molecule has 3 saturated heterocycles. The number of thioether (sulfide) groups is 1. The number of nitrogens with zero attached hydrogens (tertiary/aromatic N) is 2. The summed E-state index contributed by atoms with van der Waals surface area (Å²) >= 11 is 1.68. The molecule has 3 aliphatic rings. The highest BCUT2D eigenvalue weighted by atomic mass is 32.2. The molecule has 0 aromatic carbocycles. The number of hydrogen-bond acceptors (Lipinski definition) is 6. The Morgan fingerprint density at radius 1 is 1.32 bits per heavy atom. The second-order valence-corrected chi connectivity index (χ2v) is 9.12. The summed E-state index contributed by atoms with van der Waals surface area (Å²) in [5, 5.41) is -0.0895. The highest BCUT2D eigenvalue weighted by molar-refractivity contribution is 7.99. The maximum atomic E-state index is 13.3. The topological polar surface area (TPSA) is 76.1 Å². The summed E-state index contributed by atoms with van der Waals surface area (Å²) in [5.74, 6) is 0.289. The minimum Gasteiger partial charge on any atom is -0.467 e. The van der Waals surface area contributed by atoms with Crippen LogP contribution >= 0.6 is 11.8 Å². The van der Waals surface area contributed by atoms with Crippen molar-refractivity contribution >= 4 is 29.7 Å². The highest BCUT2D eigenvalue weighted by Crippen LogP contribution is 2.48. The van der Waals surface area contributed by atoms with Crippen LogP contribution in [0, 0.1) is 0 Å². The SMILES string of the molecule is COC(=O)C1CCSC2C[C@]3(CCCN3C(=O)OC(C)(C)C)C(=O)N21. The van der Waals surface area contributed by atoms with Crippen LogP contribution in [0.2, 0.25) is 0 Å². The molecule has 140 valence electrons. The molecule has 3 heterocycles. The average Bonchev–Trinajstić information content (AvgIpc) is 3.08. The fourth-order valence-corrected chi connectivity index (χ4v) is 5.47. The molecule has 7 nitrogen and oxygen atoms in total. The molecule has 0 N–H and O–H groups in total. The minimum absolute atomic E-state index is 0.0895. The van der Waals surface area contributed by atoms with Gasteiger partial charge in [0.05, 0.1) is 12.5 Å². The Balaban J connectivity index is 1.88. The Labute approximate surface area is 152 Å². The zero-order chi connectivity index (χ0) is 18.4. The van der Waals surface area contributed by atoms with Crippen molar-refractivity contribution in [2.45, 2.75) is 69.0 Å². The average molecular weight is 370 g/mol. The van der Waals surface area contributed by atoms with Gasteiger partial charge in [-0.3, -0.25) is 9.69 Å². The van der Waals surface area contributed by atoms with Gasteiger partial charge in [0.1, 0.15) is 17.2 Å². The van der Waals surface area contributed by atoms with Crippen LogP contribution in [0.25, 0.3) is 0 Å². The monoisotopic (exact) mass is 370 g/mol. The van der Waals surface area contributed by atoms with Crippen LogP contribution in [0.4, 0.5) is 4.79 Å². The smallest absolute Gasteiger partial charge is 0.411 e. The van der Waals surface area contributed by atoms with E-state index in [1.54, 1.807) is 21.6 Å². The maximum absolute atomic E-state index is 13.3. The van der Waals surface area contributed by atoms with Crippen LogP contribution in [0.1, 0.15) is 46.5 Å². The van der Waals surface area contributed by atoms with E-state index in [4.69, 9.17) is 9.47 Å². The molecule has 8 heteroatoms. The number of carbonyl (C=O) groups excluding carboxylic acids is 3. The van der Waals surface area contributed by atoms with E-state index >= 15 is 0 Å². The summed E-state index contributed by atoms with van der Waals surface area (Å²) in [6.07, 6.45) is 2.06. The Morgan fingerprint density at radius 2 is 2.04 bits per heavy atom. The zero-order valence-electron chi connectivity index (χ0n) is 15.2. The van der Waals surface area contributed by atoms with E-state index in [1.807, 2.05) is 20.8 Å². The number of ether oxygens (including phenoxy) is 2. The molecule has 0 aliphatic carbocycles.